The van der Waals surface area contributed by atoms with Crippen LogP contribution in [-0.4, -0.2) is 11.1 Å². The fourth-order valence-corrected chi connectivity index (χ4v) is 10.6. The lowest BCUT2D eigenvalue weighted by molar-refractivity contribution is -0.132. The summed E-state index contributed by atoms with van der Waals surface area (Å²) in [5, 5.41) is 18.6. The normalized spacial score (nSPS) is 12.6. The predicted octanol–water partition coefficient (Wildman–Crippen LogP) is 20.8. The molecular weight excluding hydrogens is 837 g/mol. The molecule has 0 fully saturated rings. The van der Waals surface area contributed by atoms with Crippen molar-refractivity contribution in [2.45, 2.75) is 232 Å². The maximum Gasteiger partial charge on any atom is 0.346 e. The Kier molecular flexibility index (Phi) is 28.3. The SMILES string of the molecule is CCCCCCCCCCCCCCCCC(C)c1ccc(N(c2ccc(-c3ccc(/C=C(\C#N)C(=O)O)s3)cc2)c2ccc(C(C)CCCCCCCCCCCCCCCC)cc2)cc1. The van der Waals surface area contributed by atoms with Crippen LogP contribution in [0.25, 0.3) is 16.5 Å². The molecule has 0 spiro atoms. The second-order valence-corrected chi connectivity index (χ2v) is 20.9. The van der Waals surface area contributed by atoms with Crippen LogP contribution in [0.3, 0.4) is 0 Å². The number of carboxylic acids is 1. The van der Waals surface area contributed by atoms with Gasteiger partial charge in [-0.15, -0.1) is 11.3 Å². The quantitative estimate of drug-likeness (QED) is 0.0276. The first kappa shape index (κ1) is 55.5. The Morgan fingerprint density at radius 1 is 0.507 bits per heavy atom. The molecule has 4 rings (SSSR count). The van der Waals surface area contributed by atoms with Crippen molar-refractivity contribution < 1.29 is 9.90 Å². The molecule has 366 valence electrons. The van der Waals surface area contributed by atoms with Crippen LogP contribution in [0.2, 0.25) is 0 Å². The fourth-order valence-electron chi connectivity index (χ4n) is 9.62. The van der Waals surface area contributed by atoms with Crippen LogP contribution < -0.4 is 4.90 Å². The Morgan fingerprint density at radius 2 is 0.836 bits per heavy atom. The van der Waals surface area contributed by atoms with Crippen LogP contribution in [0, 0.1) is 11.3 Å². The van der Waals surface area contributed by atoms with Gasteiger partial charge in [0.1, 0.15) is 11.6 Å². The number of anilines is 3. The number of hydrogen-bond donors (Lipinski definition) is 1. The molecule has 5 heteroatoms. The van der Waals surface area contributed by atoms with E-state index >= 15 is 0 Å². The third-order valence-corrected chi connectivity index (χ3v) is 15.2. The lowest BCUT2D eigenvalue weighted by Crippen LogP contribution is -2.10. The van der Waals surface area contributed by atoms with Crippen molar-refractivity contribution in [2.24, 2.45) is 0 Å². The number of nitriles is 1. The van der Waals surface area contributed by atoms with Gasteiger partial charge >= 0.3 is 5.97 Å². The Bertz CT molecular complexity index is 1870. The van der Waals surface area contributed by atoms with E-state index in [-0.39, 0.29) is 5.57 Å². The lowest BCUT2D eigenvalue weighted by atomic mass is 9.93. The topological polar surface area (TPSA) is 64.3 Å². The van der Waals surface area contributed by atoms with E-state index in [1.54, 1.807) is 6.07 Å². The Hall–Kier alpha value is -4.14. The van der Waals surface area contributed by atoms with Crippen molar-refractivity contribution in [3.8, 4) is 16.5 Å². The maximum atomic E-state index is 11.4. The number of thiophene rings is 1. The molecule has 0 saturated heterocycles. The summed E-state index contributed by atoms with van der Waals surface area (Å²) in [5.74, 6) is -0.142. The summed E-state index contributed by atoms with van der Waals surface area (Å²) in [7, 11) is 0. The summed E-state index contributed by atoms with van der Waals surface area (Å²) in [4.78, 5) is 15.6. The summed E-state index contributed by atoms with van der Waals surface area (Å²) in [6.07, 6.45) is 42.9. The monoisotopic (exact) mass is 927 g/mol. The highest BCUT2D eigenvalue weighted by Gasteiger charge is 2.16. The number of rotatable bonds is 38. The fraction of sp³-hybridized carbons (Fsp3) is 0.581. The highest BCUT2D eigenvalue weighted by atomic mass is 32.1. The molecule has 2 unspecified atom stereocenters. The van der Waals surface area contributed by atoms with Crippen molar-refractivity contribution >= 4 is 40.4 Å². The predicted molar refractivity (Wildman–Crippen MR) is 292 cm³/mol. The number of carbonyl (C=O) groups is 1. The number of carboxylic acid groups (broad SMARTS) is 1. The highest BCUT2D eigenvalue weighted by Crippen LogP contribution is 2.39. The summed E-state index contributed by atoms with van der Waals surface area (Å²) in [6, 6.07) is 32.9. The van der Waals surface area contributed by atoms with Crippen LogP contribution in [0.4, 0.5) is 17.1 Å². The number of unbranched alkanes of at least 4 members (excludes halogenated alkanes) is 26. The van der Waals surface area contributed by atoms with E-state index in [9.17, 15) is 15.2 Å². The van der Waals surface area contributed by atoms with Gasteiger partial charge in [0.25, 0.3) is 0 Å². The average Bonchev–Trinajstić information content (AvgIpc) is 3.82. The van der Waals surface area contributed by atoms with Gasteiger partial charge in [0, 0.05) is 26.8 Å². The third-order valence-electron chi connectivity index (χ3n) is 14.1. The van der Waals surface area contributed by atoms with Crippen LogP contribution >= 0.6 is 11.3 Å². The van der Waals surface area contributed by atoms with E-state index in [4.69, 9.17) is 0 Å². The molecule has 1 aromatic heterocycles. The van der Waals surface area contributed by atoms with Gasteiger partial charge in [-0.2, -0.15) is 5.26 Å². The first-order chi connectivity index (χ1) is 32.8. The van der Waals surface area contributed by atoms with E-state index < -0.39 is 5.97 Å². The van der Waals surface area contributed by atoms with Gasteiger partial charge in [-0.25, -0.2) is 4.79 Å². The van der Waals surface area contributed by atoms with Crippen LogP contribution in [0.1, 0.15) is 248 Å². The number of benzene rings is 3. The van der Waals surface area contributed by atoms with Gasteiger partial charge < -0.3 is 10.0 Å². The summed E-state index contributed by atoms with van der Waals surface area (Å²) in [5.41, 5.74) is 6.99. The van der Waals surface area contributed by atoms with Gasteiger partial charge in [-0.1, -0.05) is 244 Å². The zero-order valence-electron chi connectivity index (χ0n) is 42.7. The Balaban J connectivity index is 1.31. The minimum absolute atomic E-state index is 0.259. The van der Waals surface area contributed by atoms with Crippen molar-refractivity contribution in [1.82, 2.24) is 0 Å². The number of nitrogens with zero attached hydrogens (tertiary/aromatic N) is 2. The molecule has 1 heterocycles. The average molecular weight is 927 g/mol. The molecule has 0 saturated carbocycles. The number of hydrogen-bond acceptors (Lipinski definition) is 4. The number of aliphatic carboxylic acids is 1. The molecule has 2 atom stereocenters. The molecule has 0 bridgehead atoms. The molecule has 67 heavy (non-hydrogen) atoms. The van der Waals surface area contributed by atoms with Crippen molar-refractivity contribution in [3.05, 3.63) is 107 Å². The van der Waals surface area contributed by atoms with Crippen LogP contribution in [-0.2, 0) is 4.79 Å². The van der Waals surface area contributed by atoms with Crippen molar-refractivity contribution in [3.63, 3.8) is 0 Å². The molecule has 4 nitrogen and oxygen atoms in total. The molecule has 4 aromatic rings. The molecule has 0 aliphatic heterocycles. The van der Waals surface area contributed by atoms with Crippen LogP contribution in [0.15, 0.2) is 90.5 Å². The highest BCUT2D eigenvalue weighted by molar-refractivity contribution is 7.16. The molecule has 0 aliphatic carbocycles. The standard InChI is InChI=1S/C62H90N2O2S/c1-5-7-9-11-13-15-17-19-21-23-25-27-29-31-33-51(3)53-35-41-57(42-36-53)64(59-45-39-55(40-46-59)61-48-47-60(67-61)49-56(50-63)62(65)66)58-43-37-54(38-44-58)52(4)34-32-30-28-26-24-22-20-18-16-14-12-10-8-6-2/h35-49,51-52H,5-34H2,1-4H3,(H,65,66)/b56-49+. The van der Waals surface area contributed by atoms with Gasteiger partial charge in [0.15, 0.2) is 0 Å². The maximum absolute atomic E-state index is 11.4. The van der Waals surface area contributed by atoms with E-state index in [1.807, 2.05) is 12.1 Å². The minimum Gasteiger partial charge on any atom is -0.477 e. The van der Waals surface area contributed by atoms with E-state index in [2.05, 4.69) is 105 Å². The van der Waals surface area contributed by atoms with E-state index in [1.165, 1.54) is 221 Å². The molecular formula is C62H90N2O2S. The summed E-state index contributed by atoms with van der Waals surface area (Å²) >= 11 is 1.49. The first-order valence-corrected chi connectivity index (χ1v) is 28.2. The van der Waals surface area contributed by atoms with Crippen molar-refractivity contribution in [1.29, 1.82) is 5.26 Å². The van der Waals surface area contributed by atoms with E-state index in [0.29, 0.717) is 11.8 Å². The molecule has 1 N–H and O–H groups in total. The largest absolute Gasteiger partial charge is 0.477 e. The van der Waals surface area contributed by atoms with Crippen LogP contribution in [0.5, 0.6) is 0 Å². The summed E-state index contributed by atoms with van der Waals surface area (Å²) < 4.78 is 0. The van der Waals surface area contributed by atoms with Gasteiger partial charge in [-0.05, 0) is 96.0 Å². The van der Waals surface area contributed by atoms with Gasteiger partial charge in [-0.3, -0.25) is 0 Å². The molecule has 0 radical (unpaired) electrons. The third kappa shape index (κ3) is 21.8. The Labute approximate surface area is 413 Å². The van der Waals surface area contributed by atoms with Gasteiger partial charge in [0.2, 0.25) is 0 Å². The van der Waals surface area contributed by atoms with Gasteiger partial charge in [0.05, 0.1) is 0 Å². The Morgan fingerprint density at radius 3 is 1.16 bits per heavy atom. The first-order valence-electron chi connectivity index (χ1n) is 27.4. The second kappa shape index (κ2) is 34.2. The van der Waals surface area contributed by atoms with Crippen molar-refractivity contribution in [2.75, 3.05) is 4.90 Å². The smallest absolute Gasteiger partial charge is 0.346 e. The van der Waals surface area contributed by atoms with E-state index in [0.717, 1.165) is 32.4 Å². The summed E-state index contributed by atoms with van der Waals surface area (Å²) in [6.45, 7) is 9.37. The minimum atomic E-state index is -1.21. The zero-order valence-corrected chi connectivity index (χ0v) is 43.5. The molecule has 0 aliphatic rings. The molecule has 0 amide bonds. The lowest BCUT2D eigenvalue weighted by Gasteiger charge is -2.27. The second-order valence-electron chi connectivity index (χ2n) is 19.8. The molecule has 3 aromatic carbocycles. The zero-order chi connectivity index (χ0) is 47.7.